The molecule has 1 amide bonds. The zero-order chi connectivity index (χ0) is 8.20. The molecular weight excluding hydrogens is 126 g/mol. The van der Waals surface area contributed by atoms with Crippen molar-refractivity contribution >= 4 is 12.1 Å². The Bertz CT molecular complexity index is 142. The Hall–Kier alpha value is -0.660. The Morgan fingerprint density at radius 2 is 2.00 bits per heavy atom. The first-order valence-corrected chi connectivity index (χ1v) is 3.55. The molecule has 0 aliphatic heterocycles. The molecule has 0 aromatic rings. The van der Waals surface area contributed by atoms with Crippen LogP contribution in [0.5, 0.6) is 0 Å². The Kier molecular flexibility index (Phi) is 3.26. The molecule has 0 heterocycles. The van der Waals surface area contributed by atoms with Crippen molar-refractivity contribution in [3.05, 3.63) is 0 Å². The van der Waals surface area contributed by atoms with Gasteiger partial charge in [-0.3, -0.25) is 4.79 Å². The summed E-state index contributed by atoms with van der Waals surface area (Å²) in [6.07, 6.45) is 2.47. The van der Waals surface area contributed by atoms with Crippen molar-refractivity contribution in [1.29, 1.82) is 0 Å². The van der Waals surface area contributed by atoms with Gasteiger partial charge in [-0.05, 0) is 6.42 Å². The lowest BCUT2D eigenvalue weighted by atomic mass is 9.96. The van der Waals surface area contributed by atoms with E-state index in [1.165, 1.54) is 0 Å². The molecule has 0 aromatic heterocycles. The predicted molar refractivity (Wildman–Crippen MR) is 43.2 cm³/mol. The first-order valence-electron chi connectivity index (χ1n) is 3.55. The molecule has 0 radical (unpaired) electrons. The summed E-state index contributed by atoms with van der Waals surface area (Å²) in [5, 5.41) is 0. The van der Waals surface area contributed by atoms with Gasteiger partial charge in [0.25, 0.3) is 5.91 Å². The molecule has 0 atom stereocenters. The number of rotatable bonds is 1. The molecule has 0 aliphatic rings. The maximum Gasteiger partial charge on any atom is 0.250 e. The van der Waals surface area contributed by atoms with Gasteiger partial charge in [0, 0.05) is 11.6 Å². The summed E-state index contributed by atoms with van der Waals surface area (Å²) in [6, 6.07) is 0. The number of nitrogens with zero attached hydrogens (tertiary/aromatic N) is 1. The van der Waals surface area contributed by atoms with Gasteiger partial charge in [-0.25, -0.2) is 4.99 Å². The van der Waals surface area contributed by atoms with E-state index in [4.69, 9.17) is 0 Å². The Morgan fingerprint density at radius 3 is 2.30 bits per heavy atom. The minimum Gasteiger partial charge on any atom is -0.272 e. The number of hydrogen-bond donors (Lipinski definition) is 0. The minimum atomic E-state index is -0.328. The van der Waals surface area contributed by atoms with Crippen LogP contribution in [0.2, 0.25) is 0 Å². The molecule has 58 valence electrons. The maximum atomic E-state index is 11.0. The van der Waals surface area contributed by atoms with Crippen molar-refractivity contribution in [3.8, 4) is 0 Å². The first kappa shape index (κ1) is 9.34. The lowest BCUT2D eigenvalue weighted by molar-refractivity contribution is -0.124. The smallest absolute Gasteiger partial charge is 0.250 e. The predicted octanol–water partition coefficient (Wildman–Crippen LogP) is 2.04. The minimum absolute atomic E-state index is 0.0469. The van der Waals surface area contributed by atoms with E-state index in [1.54, 1.807) is 6.21 Å². The van der Waals surface area contributed by atoms with Crippen LogP contribution >= 0.6 is 0 Å². The lowest BCUT2D eigenvalue weighted by Crippen LogP contribution is -2.17. The third-order valence-electron chi connectivity index (χ3n) is 1.03. The Labute approximate surface area is 62.4 Å². The molecule has 0 aliphatic carbocycles. The van der Waals surface area contributed by atoms with Gasteiger partial charge in [-0.15, -0.1) is 0 Å². The van der Waals surface area contributed by atoms with Crippen LogP contribution in [0.4, 0.5) is 0 Å². The summed E-state index contributed by atoms with van der Waals surface area (Å²) >= 11 is 0. The second-order valence-corrected chi connectivity index (χ2v) is 3.28. The monoisotopic (exact) mass is 141 g/mol. The maximum absolute atomic E-state index is 11.0. The van der Waals surface area contributed by atoms with Crippen LogP contribution in [0.1, 0.15) is 34.1 Å². The van der Waals surface area contributed by atoms with Crippen molar-refractivity contribution < 1.29 is 4.79 Å². The first-order chi connectivity index (χ1) is 4.48. The summed E-state index contributed by atoms with van der Waals surface area (Å²) < 4.78 is 0. The summed E-state index contributed by atoms with van der Waals surface area (Å²) in [7, 11) is 0. The van der Waals surface area contributed by atoms with Gasteiger partial charge in [0.2, 0.25) is 0 Å². The lowest BCUT2D eigenvalue weighted by Gasteiger charge is -2.11. The van der Waals surface area contributed by atoms with Gasteiger partial charge >= 0.3 is 0 Å². The van der Waals surface area contributed by atoms with Gasteiger partial charge < -0.3 is 0 Å². The zero-order valence-electron chi connectivity index (χ0n) is 7.14. The second kappa shape index (κ2) is 3.49. The Balaban J connectivity index is 3.98. The highest BCUT2D eigenvalue weighted by Gasteiger charge is 2.19. The molecule has 0 rings (SSSR count). The molecule has 2 heteroatoms. The molecule has 0 unspecified atom stereocenters. The third kappa shape index (κ3) is 3.38. The van der Waals surface area contributed by atoms with E-state index in [2.05, 4.69) is 4.99 Å². The summed E-state index contributed by atoms with van der Waals surface area (Å²) in [5.41, 5.74) is -0.328. The van der Waals surface area contributed by atoms with Crippen LogP contribution in [0.25, 0.3) is 0 Å². The normalized spacial score (nSPS) is 12.4. The second-order valence-electron chi connectivity index (χ2n) is 3.28. The number of amides is 1. The summed E-state index contributed by atoms with van der Waals surface area (Å²) in [4.78, 5) is 14.8. The fourth-order valence-corrected chi connectivity index (χ4v) is 0.368. The fraction of sp³-hybridized carbons (Fsp3) is 0.750. The largest absolute Gasteiger partial charge is 0.272 e. The van der Waals surface area contributed by atoms with Gasteiger partial charge in [-0.2, -0.15) is 0 Å². The van der Waals surface area contributed by atoms with E-state index in [0.717, 1.165) is 6.42 Å². The highest BCUT2D eigenvalue weighted by atomic mass is 16.1. The van der Waals surface area contributed by atoms with Crippen LogP contribution in [-0.4, -0.2) is 12.1 Å². The summed E-state index contributed by atoms with van der Waals surface area (Å²) in [5.74, 6) is -0.0469. The third-order valence-corrected chi connectivity index (χ3v) is 1.03. The quantitative estimate of drug-likeness (QED) is 0.514. The highest BCUT2D eigenvalue weighted by molar-refractivity contribution is 5.88. The topological polar surface area (TPSA) is 29.4 Å². The van der Waals surface area contributed by atoms with Crippen LogP contribution in [0, 0.1) is 5.41 Å². The van der Waals surface area contributed by atoms with E-state index in [0.29, 0.717) is 0 Å². The average Bonchev–Trinajstić information content (AvgIpc) is 1.80. The molecule has 0 aromatic carbocycles. The number of carbonyl (C=O) groups excluding carboxylic acids is 1. The van der Waals surface area contributed by atoms with E-state index < -0.39 is 0 Å². The van der Waals surface area contributed by atoms with Crippen molar-refractivity contribution in [2.75, 3.05) is 0 Å². The van der Waals surface area contributed by atoms with Crippen LogP contribution in [0.3, 0.4) is 0 Å². The molecule has 0 fully saturated rings. The van der Waals surface area contributed by atoms with Crippen molar-refractivity contribution in [3.63, 3.8) is 0 Å². The van der Waals surface area contributed by atoms with Gasteiger partial charge in [0.15, 0.2) is 0 Å². The molecule has 0 saturated carbocycles. The van der Waals surface area contributed by atoms with Crippen molar-refractivity contribution in [2.24, 2.45) is 10.4 Å². The van der Waals surface area contributed by atoms with Crippen LogP contribution in [0.15, 0.2) is 4.99 Å². The van der Waals surface area contributed by atoms with Gasteiger partial charge in [0.05, 0.1) is 0 Å². The van der Waals surface area contributed by atoms with Gasteiger partial charge in [-0.1, -0.05) is 27.7 Å². The van der Waals surface area contributed by atoms with E-state index in [9.17, 15) is 4.79 Å². The van der Waals surface area contributed by atoms with Crippen LogP contribution in [-0.2, 0) is 4.79 Å². The Morgan fingerprint density at radius 1 is 1.50 bits per heavy atom. The molecule has 2 nitrogen and oxygen atoms in total. The van der Waals surface area contributed by atoms with E-state index in [1.807, 2.05) is 27.7 Å². The standard InChI is InChI=1S/C8H15NO/c1-5-6-9-7(10)8(2,3)4/h6H,5H2,1-4H3/b9-6+. The summed E-state index contributed by atoms with van der Waals surface area (Å²) in [6.45, 7) is 7.55. The number of hydrogen-bond acceptors (Lipinski definition) is 1. The van der Waals surface area contributed by atoms with Crippen molar-refractivity contribution in [1.82, 2.24) is 0 Å². The van der Waals surface area contributed by atoms with Crippen molar-refractivity contribution in [2.45, 2.75) is 34.1 Å². The van der Waals surface area contributed by atoms with Gasteiger partial charge in [0.1, 0.15) is 0 Å². The molecule has 0 spiro atoms. The molecule has 0 saturated heterocycles. The van der Waals surface area contributed by atoms with Crippen LogP contribution < -0.4 is 0 Å². The average molecular weight is 141 g/mol. The highest BCUT2D eigenvalue weighted by Crippen LogP contribution is 2.14. The molecule has 0 N–H and O–H groups in total. The number of carbonyl (C=O) groups is 1. The molecular formula is C8H15NO. The fourth-order valence-electron chi connectivity index (χ4n) is 0.368. The SMILES string of the molecule is CC/C=N/C(=O)C(C)(C)C. The zero-order valence-corrected chi connectivity index (χ0v) is 7.14. The van der Waals surface area contributed by atoms with E-state index in [-0.39, 0.29) is 11.3 Å². The molecule has 0 bridgehead atoms. The molecule has 10 heavy (non-hydrogen) atoms. The number of aliphatic imine (C=N–C) groups is 1. The van der Waals surface area contributed by atoms with E-state index >= 15 is 0 Å².